The van der Waals surface area contributed by atoms with Crippen LogP contribution in [0.15, 0.2) is 11.6 Å². The smallest absolute Gasteiger partial charge is 0.186 e. The molecular formula is C34H58O5. The SMILES string of the molecule is CC[C@@H](CC[C@@H](C)[C@H]1CC[C@H]2[C@@H]3CC=C4C[C@@H](O[C@@H]5OC[C@@H](O)[C@H](O)[C@H]5O)CC[C@]4(C)[C@H]3CC[C@]12C)C(C)C. The lowest BCUT2D eigenvalue weighted by molar-refractivity contribution is -0.284. The molecule has 13 atom stereocenters. The van der Waals surface area contributed by atoms with E-state index in [1.54, 1.807) is 5.57 Å². The molecule has 0 aromatic heterocycles. The molecule has 5 aliphatic rings. The van der Waals surface area contributed by atoms with Crippen LogP contribution in [0.1, 0.15) is 112 Å². The van der Waals surface area contributed by atoms with Crippen molar-refractivity contribution in [2.75, 3.05) is 6.61 Å². The molecule has 5 rings (SSSR count). The minimum absolute atomic E-state index is 0.00351. The van der Waals surface area contributed by atoms with Gasteiger partial charge >= 0.3 is 0 Å². The zero-order valence-electron chi connectivity index (χ0n) is 25.6. The van der Waals surface area contributed by atoms with Crippen LogP contribution in [0, 0.1) is 52.3 Å². The lowest BCUT2D eigenvalue weighted by atomic mass is 9.47. The maximum Gasteiger partial charge on any atom is 0.186 e. The van der Waals surface area contributed by atoms with Crippen LogP contribution in [0.3, 0.4) is 0 Å². The van der Waals surface area contributed by atoms with Gasteiger partial charge in [-0.3, -0.25) is 0 Å². The van der Waals surface area contributed by atoms with Crippen LogP contribution < -0.4 is 0 Å². The van der Waals surface area contributed by atoms with Gasteiger partial charge in [-0.05, 0) is 110 Å². The molecule has 3 N–H and O–H groups in total. The molecule has 39 heavy (non-hydrogen) atoms. The molecule has 0 amide bonds. The van der Waals surface area contributed by atoms with Crippen molar-refractivity contribution in [2.24, 2.45) is 52.3 Å². The van der Waals surface area contributed by atoms with Crippen molar-refractivity contribution in [3.8, 4) is 0 Å². The molecule has 5 heteroatoms. The van der Waals surface area contributed by atoms with Gasteiger partial charge in [-0.1, -0.05) is 66.0 Å². The highest BCUT2D eigenvalue weighted by Crippen LogP contribution is 2.67. The molecule has 0 aromatic rings. The number of rotatable bonds is 8. The molecule has 224 valence electrons. The van der Waals surface area contributed by atoms with Gasteiger partial charge in [0.1, 0.15) is 18.3 Å². The van der Waals surface area contributed by atoms with E-state index in [-0.39, 0.29) is 18.1 Å². The Hall–Kier alpha value is -0.460. The summed E-state index contributed by atoms with van der Waals surface area (Å²) in [4.78, 5) is 0. The molecule has 5 nitrogen and oxygen atoms in total. The first-order valence-electron chi connectivity index (χ1n) is 16.5. The van der Waals surface area contributed by atoms with Crippen LogP contribution in [0.2, 0.25) is 0 Å². The molecule has 1 saturated heterocycles. The van der Waals surface area contributed by atoms with E-state index in [4.69, 9.17) is 9.47 Å². The number of hydrogen-bond donors (Lipinski definition) is 3. The van der Waals surface area contributed by atoms with Gasteiger partial charge in [0.2, 0.25) is 0 Å². The maximum atomic E-state index is 10.4. The predicted octanol–water partition coefficient (Wildman–Crippen LogP) is 6.49. The third-order valence-corrected chi connectivity index (χ3v) is 13.1. The van der Waals surface area contributed by atoms with Crippen molar-refractivity contribution in [3.63, 3.8) is 0 Å². The van der Waals surface area contributed by atoms with Crippen LogP contribution in [0.4, 0.5) is 0 Å². The number of allylic oxidation sites excluding steroid dienone is 1. The molecule has 0 spiro atoms. The van der Waals surface area contributed by atoms with Crippen molar-refractivity contribution >= 4 is 0 Å². The normalized spacial score (nSPS) is 47.6. The van der Waals surface area contributed by atoms with E-state index in [0.717, 1.165) is 60.7 Å². The Kier molecular flexibility index (Phi) is 8.98. The van der Waals surface area contributed by atoms with E-state index < -0.39 is 24.6 Å². The second-order valence-electron chi connectivity index (χ2n) is 15.2. The van der Waals surface area contributed by atoms with Crippen LogP contribution in [0.25, 0.3) is 0 Å². The quantitative estimate of drug-likeness (QED) is 0.303. The molecule has 0 unspecified atom stereocenters. The Morgan fingerprint density at radius 1 is 0.974 bits per heavy atom. The van der Waals surface area contributed by atoms with Gasteiger partial charge in [0, 0.05) is 0 Å². The predicted molar refractivity (Wildman–Crippen MR) is 155 cm³/mol. The fourth-order valence-electron chi connectivity index (χ4n) is 10.5. The molecule has 3 saturated carbocycles. The summed E-state index contributed by atoms with van der Waals surface area (Å²) in [6, 6.07) is 0. The average molecular weight is 547 g/mol. The molecule has 1 aliphatic heterocycles. The minimum Gasteiger partial charge on any atom is -0.388 e. The van der Waals surface area contributed by atoms with E-state index in [0.29, 0.717) is 5.41 Å². The molecule has 0 aromatic carbocycles. The molecule has 0 bridgehead atoms. The molecular weight excluding hydrogens is 488 g/mol. The minimum atomic E-state index is -1.22. The molecule has 1 heterocycles. The van der Waals surface area contributed by atoms with E-state index in [1.165, 1.54) is 51.4 Å². The summed E-state index contributed by atoms with van der Waals surface area (Å²) in [6.07, 6.45) is 12.1. The van der Waals surface area contributed by atoms with E-state index in [1.807, 2.05) is 0 Å². The number of fused-ring (bicyclic) bond motifs is 5. The lowest BCUT2D eigenvalue weighted by Gasteiger charge is -2.58. The standard InChI is InChI=1S/C34H58O5/c1-7-22(20(2)3)9-8-21(4)26-12-13-27-25-11-10-23-18-24(39-32-31(37)30(36)29(35)19-38-32)14-16-33(23,5)28(25)15-17-34(26,27)6/h10,20-22,24-32,35-37H,7-9,11-19H2,1-6H3/t21-,22+,24+,25+,26-,27+,28+,29-,30+,31-,32+,33+,34-/m1/s1. The Morgan fingerprint density at radius 3 is 2.46 bits per heavy atom. The van der Waals surface area contributed by atoms with Crippen molar-refractivity contribution in [3.05, 3.63) is 11.6 Å². The average Bonchev–Trinajstić information content (AvgIpc) is 3.26. The molecule has 0 radical (unpaired) electrons. The van der Waals surface area contributed by atoms with Crippen molar-refractivity contribution in [1.82, 2.24) is 0 Å². The fourth-order valence-corrected chi connectivity index (χ4v) is 10.5. The topological polar surface area (TPSA) is 79.2 Å². The van der Waals surface area contributed by atoms with Gasteiger partial charge in [-0.15, -0.1) is 0 Å². The Labute approximate surface area is 238 Å². The summed E-state index contributed by atoms with van der Waals surface area (Å²) in [5, 5.41) is 30.2. The van der Waals surface area contributed by atoms with Crippen LogP contribution in [-0.2, 0) is 9.47 Å². The first-order chi connectivity index (χ1) is 18.5. The van der Waals surface area contributed by atoms with Gasteiger partial charge < -0.3 is 24.8 Å². The molecule has 4 aliphatic carbocycles. The number of aliphatic hydroxyl groups is 3. The molecule has 4 fully saturated rings. The Morgan fingerprint density at radius 2 is 1.74 bits per heavy atom. The summed E-state index contributed by atoms with van der Waals surface area (Å²) in [7, 11) is 0. The second-order valence-corrected chi connectivity index (χ2v) is 15.2. The van der Waals surface area contributed by atoms with Crippen molar-refractivity contribution in [2.45, 2.75) is 143 Å². The van der Waals surface area contributed by atoms with Crippen LogP contribution >= 0.6 is 0 Å². The van der Waals surface area contributed by atoms with Gasteiger partial charge in [0.25, 0.3) is 0 Å². The van der Waals surface area contributed by atoms with E-state index in [2.05, 4.69) is 47.6 Å². The van der Waals surface area contributed by atoms with E-state index in [9.17, 15) is 15.3 Å². The second kappa shape index (κ2) is 11.7. The Bertz CT molecular complexity index is 872. The summed E-state index contributed by atoms with van der Waals surface area (Å²) in [5.41, 5.74) is 2.31. The zero-order chi connectivity index (χ0) is 28.1. The highest BCUT2D eigenvalue weighted by atomic mass is 16.7. The monoisotopic (exact) mass is 546 g/mol. The number of hydrogen-bond acceptors (Lipinski definition) is 5. The summed E-state index contributed by atoms with van der Waals surface area (Å²) < 4.78 is 11.8. The maximum absolute atomic E-state index is 10.4. The first-order valence-corrected chi connectivity index (χ1v) is 16.5. The third-order valence-electron chi connectivity index (χ3n) is 13.1. The Balaban J connectivity index is 1.23. The zero-order valence-corrected chi connectivity index (χ0v) is 25.6. The van der Waals surface area contributed by atoms with Gasteiger partial charge in [-0.25, -0.2) is 0 Å². The van der Waals surface area contributed by atoms with Crippen molar-refractivity contribution in [1.29, 1.82) is 0 Å². The van der Waals surface area contributed by atoms with Gasteiger partial charge in [0.05, 0.1) is 12.7 Å². The van der Waals surface area contributed by atoms with E-state index >= 15 is 0 Å². The van der Waals surface area contributed by atoms with Gasteiger partial charge in [-0.2, -0.15) is 0 Å². The fraction of sp³-hybridized carbons (Fsp3) is 0.941. The van der Waals surface area contributed by atoms with Gasteiger partial charge in [0.15, 0.2) is 6.29 Å². The lowest BCUT2D eigenvalue weighted by Crippen LogP contribution is -2.55. The van der Waals surface area contributed by atoms with Crippen molar-refractivity contribution < 1.29 is 24.8 Å². The summed E-state index contributed by atoms with van der Waals surface area (Å²) in [5.74, 6) is 5.83. The summed E-state index contributed by atoms with van der Waals surface area (Å²) in [6.45, 7) is 15.0. The summed E-state index contributed by atoms with van der Waals surface area (Å²) >= 11 is 0. The highest BCUT2D eigenvalue weighted by molar-refractivity contribution is 5.25. The first kappa shape index (κ1) is 30.0. The number of ether oxygens (including phenoxy) is 2. The number of aliphatic hydroxyl groups excluding tert-OH is 3. The van der Waals surface area contributed by atoms with Crippen LogP contribution in [0.5, 0.6) is 0 Å². The highest BCUT2D eigenvalue weighted by Gasteiger charge is 2.59. The third kappa shape index (κ3) is 5.42. The largest absolute Gasteiger partial charge is 0.388 e. The van der Waals surface area contributed by atoms with Crippen LogP contribution in [-0.4, -0.2) is 52.6 Å².